The van der Waals surface area contributed by atoms with Crippen LogP contribution in [0.3, 0.4) is 0 Å². The highest BCUT2D eigenvalue weighted by Gasteiger charge is 2.28. The van der Waals surface area contributed by atoms with Gasteiger partial charge in [0.1, 0.15) is 0 Å². The van der Waals surface area contributed by atoms with Crippen molar-refractivity contribution in [3.63, 3.8) is 0 Å². The van der Waals surface area contributed by atoms with Gasteiger partial charge in [-0.1, -0.05) is 19.3 Å². The van der Waals surface area contributed by atoms with Crippen LogP contribution in [0.2, 0.25) is 0 Å². The zero-order valence-corrected chi connectivity index (χ0v) is 16.7. The highest BCUT2D eigenvalue weighted by Crippen LogP contribution is 2.29. The average Bonchev–Trinajstić information content (AvgIpc) is 3.35. The molecule has 2 saturated carbocycles. The molecular formula is C21H29N5O3. The second-order valence-corrected chi connectivity index (χ2v) is 8.41. The largest absolute Gasteiger partial charge is 0.353 e. The molecule has 4 rings (SSSR count). The van der Waals surface area contributed by atoms with Gasteiger partial charge in [-0.05, 0) is 56.6 Å². The Balaban J connectivity index is 1.22. The maximum absolute atomic E-state index is 12.5. The summed E-state index contributed by atoms with van der Waals surface area (Å²) in [6, 6.07) is 3.60. The van der Waals surface area contributed by atoms with Crippen molar-refractivity contribution in [2.75, 3.05) is 6.54 Å². The summed E-state index contributed by atoms with van der Waals surface area (Å²) in [5, 5.41) is 12.5. The summed E-state index contributed by atoms with van der Waals surface area (Å²) in [6.45, 7) is 0.572. The standard InChI is InChI=1S/C21H29N5O3/c27-19(15-5-2-1-3-6-15)23-16-9-8-14(13-16)10-11-22-20(28)17-7-4-12-26-18(17)24-25-21(26)29/h4,7,12,14-16H,1-3,5-6,8-11,13H2,(H,22,28)(H,23,27)(H,25,29). The van der Waals surface area contributed by atoms with Crippen LogP contribution >= 0.6 is 0 Å². The molecule has 8 nitrogen and oxygen atoms in total. The third-order valence-electron chi connectivity index (χ3n) is 6.39. The van der Waals surface area contributed by atoms with E-state index in [-0.39, 0.29) is 29.5 Å². The number of nitrogens with zero attached hydrogens (tertiary/aromatic N) is 2. The van der Waals surface area contributed by atoms with Gasteiger partial charge in [-0.15, -0.1) is 0 Å². The number of rotatable bonds is 6. The lowest BCUT2D eigenvalue weighted by Gasteiger charge is -2.23. The second kappa shape index (κ2) is 8.80. The molecule has 156 valence electrons. The van der Waals surface area contributed by atoms with Crippen molar-refractivity contribution in [3.05, 3.63) is 34.4 Å². The zero-order valence-electron chi connectivity index (χ0n) is 16.7. The predicted molar refractivity (Wildman–Crippen MR) is 109 cm³/mol. The maximum Gasteiger partial charge on any atom is 0.347 e. The summed E-state index contributed by atoms with van der Waals surface area (Å²) in [5.74, 6) is 0.732. The highest BCUT2D eigenvalue weighted by atomic mass is 16.2. The van der Waals surface area contributed by atoms with Gasteiger partial charge in [-0.2, -0.15) is 5.10 Å². The number of fused-ring (bicyclic) bond motifs is 1. The topological polar surface area (TPSA) is 108 Å². The molecule has 0 aliphatic heterocycles. The van der Waals surface area contributed by atoms with Crippen LogP contribution in [0.25, 0.3) is 5.65 Å². The van der Waals surface area contributed by atoms with Crippen LogP contribution in [-0.4, -0.2) is 39.0 Å². The first-order chi connectivity index (χ1) is 14.1. The molecule has 2 amide bonds. The summed E-state index contributed by atoms with van der Waals surface area (Å²) in [5.41, 5.74) is 0.359. The minimum atomic E-state index is -0.359. The molecule has 0 aromatic carbocycles. The van der Waals surface area contributed by atoms with Crippen molar-refractivity contribution < 1.29 is 9.59 Å². The number of amides is 2. The first-order valence-corrected chi connectivity index (χ1v) is 10.8. The van der Waals surface area contributed by atoms with E-state index in [2.05, 4.69) is 20.8 Å². The van der Waals surface area contributed by atoms with Crippen LogP contribution in [0.1, 0.15) is 68.1 Å². The molecule has 8 heteroatoms. The smallest absolute Gasteiger partial charge is 0.347 e. The molecule has 2 heterocycles. The fraction of sp³-hybridized carbons (Fsp3) is 0.619. The van der Waals surface area contributed by atoms with Crippen molar-refractivity contribution >= 4 is 17.5 Å². The predicted octanol–water partition coefficient (Wildman–Crippen LogP) is 2.01. The van der Waals surface area contributed by atoms with Crippen LogP contribution in [-0.2, 0) is 4.79 Å². The van der Waals surface area contributed by atoms with Crippen molar-refractivity contribution in [2.45, 2.75) is 63.8 Å². The molecule has 0 saturated heterocycles. The average molecular weight is 399 g/mol. The van der Waals surface area contributed by atoms with Gasteiger partial charge in [0.05, 0.1) is 5.56 Å². The molecule has 2 aliphatic carbocycles. The van der Waals surface area contributed by atoms with Gasteiger partial charge >= 0.3 is 5.69 Å². The van der Waals surface area contributed by atoms with Gasteiger partial charge in [-0.3, -0.25) is 9.59 Å². The Kier molecular flexibility index (Phi) is 5.97. The Hall–Kier alpha value is -2.64. The van der Waals surface area contributed by atoms with Crippen molar-refractivity contribution in [2.24, 2.45) is 11.8 Å². The van der Waals surface area contributed by atoms with E-state index >= 15 is 0 Å². The minimum Gasteiger partial charge on any atom is -0.353 e. The van der Waals surface area contributed by atoms with E-state index in [0.717, 1.165) is 38.5 Å². The lowest BCUT2D eigenvalue weighted by Crippen LogP contribution is -2.38. The monoisotopic (exact) mass is 399 g/mol. The Morgan fingerprint density at radius 2 is 2.00 bits per heavy atom. The van der Waals surface area contributed by atoms with Crippen molar-refractivity contribution in [3.8, 4) is 0 Å². The number of hydrogen-bond donors (Lipinski definition) is 3. The van der Waals surface area contributed by atoms with E-state index in [1.165, 1.54) is 23.7 Å². The van der Waals surface area contributed by atoms with Gasteiger partial charge < -0.3 is 10.6 Å². The Morgan fingerprint density at radius 1 is 1.17 bits per heavy atom. The second-order valence-electron chi connectivity index (χ2n) is 8.41. The molecule has 2 atom stereocenters. The first-order valence-electron chi connectivity index (χ1n) is 10.8. The normalized spacial score (nSPS) is 22.6. The van der Waals surface area contributed by atoms with Gasteiger partial charge in [0.15, 0.2) is 5.65 Å². The molecule has 0 bridgehead atoms. The number of carbonyl (C=O) groups excluding carboxylic acids is 2. The third kappa shape index (κ3) is 4.52. The number of hydrogen-bond acceptors (Lipinski definition) is 4. The quantitative estimate of drug-likeness (QED) is 0.690. The lowest BCUT2D eigenvalue weighted by atomic mass is 9.88. The van der Waals surface area contributed by atoms with Gasteiger partial charge in [0.25, 0.3) is 5.91 Å². The number of aromatic nitrogens is 3. The molecular weight excluding hydrogens is 370 g/mol. The van der Waals surface area contributed by atoms with Crippen LogP contribution in [0.5, 0.6) is 0 Å². The Morgan fingerprint density at radius 3 is 2.83 bits per heavy atom. The van der Waals surface area contributed by atoms with Gasteiger partial charge in [0.2, 0.25) is 5.91 Å². The number of carbonyl (C=O) groups is 2. The fourth-order valence-electron chi connectivity index (χ4n) is 4.75. The molecule has 0 radical (unpaired) electrons. The summed E-state index contributed by atoms with van der Waals surface area (Å²) < 4.78 is 1.32. The summed E-state index contributed by atoms with van der Waals surface area (Å²) in [6.07, 6.45) is 11.2. The summed E-state index contributed by atoms with van der Waals surface area (Å²) in [4.78, 5) is 36.6. The first kappa shape index (κ1) is 19.7. The van der Waals surface area contributed by atoms with E-state index in [4.69, 9.17) is 0 Å². The van der Waals surface area contributed by atoms with E-state index in [9.17, 15) is 14.4 Å². The van der Waals surface area contributed by atoms with E-state index in [1.807, 2.05) is 0 Å². The minimum absolute atomic E-state index is 0.208. The van der Waals surface area contributed by atoms with Crippen LogP contribution in [0, 0.1) is 11.8 Å². The summed E-state index contributed by atoms with van der Waals surface area (Å²) >= 11 is 0. The molecule has 2 unspecified atom stereocenters. The zero-order chi connectivity index (χ0) is 20.2. The molecule has 3 N–H and O–H groups in total. The number of H-pyrrole nitrogens is 1. The Bertz CT molecular complexity index is 928. The maximum atomic E-state index is 12.5. The van der Waals surface area contributed by atoms with Crippen LogP contribution in [0.15, 0.2) is 23.1 Å². The number of pyridine rings is 1. The summed E-state index contributed by atoms with van der Waals surface area (Å²) in [7, 11) is 0. The van der Waals surface area contributed by atoms with E-state index < -0.39 is 0 Å². The molecule has 2 fully saturated rings. The van der Waals surface area contributed by atoms with Crippen molar-refractivity contribution in [1.82, 2.24) is 25.2 Å². The fourth-order valence-corrected chi connectivity index (χ4v) is 4.75. The van der Waals surface area contributed by atoms with Crippen LogP contribution in [0.4, 0.5) is 0 Å². The molecule has 2 aromatic heterocycles. The lowest BCUT2D eigenvalue weighted by molar-refractivity contribution is -0.126. The molecule has 2 aromatic rings. The van der Waals surface area contributed by atoms with Crippen LogP contribution < -0.4 is 16.3 Å². The Labute approximate surface area is 169 Å². The third-order valence-corrected chi connectivity index (χ3v) is 6.39. The van der Waals surface area contributed by atoms with E-state index in [1.54, 1.807) is 18.3 Å². The molecule has 2 aliphatic rings. The molecule has 29 heavy (non-hydrogen) atoms. The highest BCUT2D eigenvalue weighted by molar-refractivity contribution is 5.99. The van der Waals surface area contributed by atoms with Gasteiger partial charge in [-0.25, -0.2) is 14.3 Å². The van der Waals surface area contributed by atoms with Crippen molar-refractivity contribution in [1.29, 1.82) is 0 Å². The number of nitrogens with one attached hydrogen (secondary N) is 3. The van der Waals surface area contributed by atoms with Gasteiger partial charge in [0, 0.05) is 24.7 Å². The van der Waals surface area contributed by atoms with E-state index in [0.29, 0.717) is 23.7 Å². The molecule has 0 spiro atoms. The number of aromatic amines is 1. The SMILES string of the molecule is O=C(NCCC1CCC(NC(=O)C2CCCCC2)C1)c1cccn2c(=O)[nH]nc12.